The van der Waals surface area contributed by atoms with Gasteiger partial charge in [-0.25, -0.2) is 9.97 Å². The van der Waals surface area contributed by atoms with Gasteiger partial charge in [-0.1, -0.05) is 17.7 Å². The molecule has 0 spiro atoms. The van der Waals surface area contributed by atoms with Crippen molar-refractivity contribution in [2.45, 2.75) is 19.6 Å². The van der Waals surface area contributed by atoms with E-state index >= 15 is 0 Å². The molecule has 0 atom stereocenters. The molecule has 0 saturated heterocycles. The molecule has 202 valence electrons. The van der Waals surface area contributed by atoms with E-state index in [4.69, 9.17) is 32.0 Å². The van der Waals surface area contributed by atoms with E-state index in [9.17, 15) is 4.79 Å². The van der Waals surface area contributed by atoms with Crippen molar-refractivity contribution in [3.63, 3.8) is 0 Å². The van der Waals surface area contributed by atoms with Gasteiger partial charge in [-0.15, -0.1) is 0 Å². The molecule has 3 rings (SSSR count). The molecule has 0 bridgehead atoms. The van der Waals surface area contributed by atoms with E-state index in [1.165, 1.54) is 6.20 Å². The lowest BCUT2D eigenvalue weighted by Gasteiger charge is -2.20. The number of nitrogens with one attached hydrogen (secondary N) is 1. The van der Waals surface area contributed by atoms with Crippen molar-refractivity contribution in [2.24, 2.45) is 10.7 Å². The summed E-state index contributed by atoms with van der Waals surface area (Å²) in [6.45, 7) is 5.99. The summed E-state index contributed by atoms with van der Waals surface area (Å²) in [6.07, 6.45) is 3.54. The summed E-state index contributed by atoms with van der Waals surface area (Å²) in [5.41, 5.74) is 10.2. The van der Waals surface area contributed by atoms with Crippen LogP contribution in [0.1, 0.15) is 29.9 Å². The van der Waals surface area contributed by atoms with Gasteiger partial charge in [0.2, 0.25) is 0 Å². The summed E-state index contributed by atoms with van der Waals surface area (Å²) in [4.78, 5) is 29.3. The normalized spacial score (nSPS) is 12.2. The molecule has 0 aliphatic heterocycles. The zero-order chi connectivity index (χ0) is 27.7. The first-order valence-corrected chi connectivity index (χ1v) is 14.1. The van der Waals surface area contributed by atoms with Gasteiger partial charge in [0.1, 0.15) is 18.1 Å². The fourth-order valence-corrected chi connectivity index (χ4v) is 4.63. The van der Waals surface area contributed by atoms with Gasteiger partial charge in [0.05, 0.1) is 10.5 Å². The van der Waals surface area contributed by atoms with Gasteiger partial charge >= 0.3 is 0 Å². The molecule has 0 saturated carbocycles. The van der Waals surface area contributed by atoms with Crippen molar-refractivity contribution in [3.8, 4) is 17.1 Å². The number of thioether (sulfide) groups is 1. The molecular formula is C28H35ClN6O2S. The minimum Gasteiger partial charge on any atom is -0.491 e. The van der Waals surface area contributed by atoms with Crippen LogP contribution in [-0.2, 0) is 5.75 Å². The smallest absolute Gasteiger partial charge is 0.273 e. The number of hydrogen-bond acceptors (Lipinski definition) is 8. The van der Waals surface area contributed by atoms with Crippen molar-refractivity contribution in [3.05, 3.63) is 64.5 Å². The summed E-state index contributed by atoms with van der Waals surface area (Å²) in [7, 11) is 3.59. The van der Waals surface area contributed by atoms with Crippen molar-refractivity contribution in [1.29, 1.82) is 0 Å². The summed E-state index contributed by atoms with van der Waals surface area (Å²) >= 11 is 8.22. The van der Waals surface area contributed by atoms with Crippen LogP contribution in [0.5, 0.6) is 5.75 Å². The molecule has 1 aromatic heterocycles. The second kappa shape index (κ2) is 14.1. The highest BCUT2D eigenvalue weighted by atomic mass is 35.5. The van der Waals surface area contributed by atoms with Gasteiger partial charge in [-0.3, -0.25) is 9.79 Å². The van der Waals surface area contributed by atoms with Crippen LogP contribution in [-0.4, -0.2) is 73.1 Å². The molecular weight excluding hydrogens is 520 g/mol. The van der Waals surface area contributed by atoms with Gasteiger partial charge in [-0.05, 0) is 63.0 Å². The lowest BCUT2D eigenvalue weighted by Crippen LogP contribution is -2.31. The molecule has 38 heavy (non-hydrogen) atoms. The molecule has 0 radical (unpaired) electrons. The highest BCUT2D eigenvalue weighted by Crippen LogP contribution is 2.31. The van der Waals surface area contributed by atoms with Crippen LogP contribution < -0.4 is 15.8 Å². The van der Waals surface area contributed by atoms with E-state index in [2.05, 4.69) is 10.3 Å². The second-order valence-corrected chi connectivity index (χ2v) is 9.96. The second-order valence-electron chi connectivity index (χ2n) is 8.69. The Labute approximate surface area is 233 Å². The number of hydrogen-bond donors (Lipinski definition) is 2. The van der Waals surface area contributed by atoms with Gasteiger partial charge < -0.3 is 20.7 Å². The van der Waals surface area contributed by atoms with Crippen molar-refractivity contribution in [2.75, 3.05) is 46.6 Å². The number of nitrogens with zero attached hydrogens (tertiary/aromatic N) is 4. The SMILES string of the molecule is CCN=C(C)/C(=C\N)CN(C)C(=O)c1nc(-c2ccc(OCCNC)c(Cl)c2)nc2ccc(CSC)cc12. The quantitative estimate of drug-likeness (QED) is 0.244. The Morgan fingerprint density at radius 3 is 2.71 bits per heavy atom. The van der Waals surface area contributed by atoms with Crippen LogP contribution in [0, 0.1) is 0 Å². The van der Waals surface area contributed by atoms with E-state index < -0.39 is 0 Å². The highest BCUT2D eigenvalue weighted by molar-refractivity contribution is 7.97. The summed E-state index contributed by atoms with van der Waals surface area (Å²) < 4.78 is 5.73. The van der Waals surface area contributed by atoms with Crippen LogP contribution in [0.25, 0.3) is 22.3 Å². The zero-order valence-corrected chi connectivity index (χ0v) is 24.1. The van der Waals surface area contributed by atoms with Crippen molar-refractivity contribution < 1.29 is 9.53 Å². The third-order valence-electron chi connectivity index (χ3n) is 5.89. The third-order valence-corrected chi connectivity index (χ3v) is 6.81. The van der Waals surface area contributed by atoms with E-state index in [0.29, 0.717) is 65.0 Å². The molecule has 1 amide bonds. The van der Waals surface area contributed by atoms with Gasteiger partial charge in [0, 0.05) is 60.9 Å². The van der Waals surface area contributed by atoms with E-state index in [0.717, 1.165) is 22.6 Å². The topological polar surface area (TPSA) is 106 Å². The number of rotatable bonds is 12. The molecule has 2 aromatic carbocycles. The Bertz CT molecular complexity index is 1340. The molecule has 1 heterocycles. The van der Waals surface area contributed by atoms with Crippen LogP contribution in [0.2, 0.25) is 5.02 Å². The molecule has 0 fully saturated rings. The lowest BCUT2D eigenvalue weighted by atomic mass is 10.1. The van der Waals surface area contributed by atoms with Crippen LogP contribution in [0.15, 0.2) is 53.2 Å². The molecule has 3 N–H and O–H groups in total. The first-order chi connectivity index (χ1) is 18.3. The first kappa shape index (κ1) is 29.4. The molecule has 0 aliphatic carbocycles. The Kier molecular flexibility index (Phi) is 10.9. The van der Waals surface area contributed by atoms with Crippen molar-refractivity contribution in [1.82, 2.24) is 20.2 Å². The van der Waals surface area contributed by atoms with Crippen LogP contribution in [0.4, 0.5) is 0 Å². The first-order valence-electron chi connectivity index (χ1n) is 12.4. The predicted octanol–water partition coefficient (Wildman–Crippen LogP) is 4.81. The maximum absolute atomic E-state index is 13.8. The summed E-state index contributed by atoms with van der Waals surface area (Å²) in [5.74, 6) is 1.57. The largest absolute Gasteiger partial charge is 0.491 e. The van der Waals surface area contributed by atoms with E-state index in [1.807, 2.05) is 51.4 Å². The Morgan fingerprint density at radius 2 is 2.05 bits per heavy atom. The van der Waals surface area contributed by atoms with Gasteiger partial charge in [0.15, 0.2) is 5.82 Å². The number of carbonyl (C=O) groups excluding carboxylic acids is 1. The summed E-state index contributed by atoms with van der Waals surface area (Å²) in [6, 6.07) is 11.4. The zero-order valence-electron chi connectivity index (χ0n) is 22.5. The maximum atomic E-state index is 13.8. The predicted molar refractivity (Wildman–Crippen MR) is 160 cm³/mol. The average molecular weight is 555 g/mol. The number of aromatic nitrogens is 2. The molecule has 0 unspecified atom stereocenters. The fourth-order valence-electron chi connectivity index (χ4n) is 3.88. The van der Waals surface area contributed by atoms with Crippen LogP contribution in [0.3, 0.4) is 0 Å². The van der Waals surface area contributed by atoms with Crippen molar-refractivity contribution >= 4 is 45.9 Å². The van der Waals surface area contributed by atoms with Gasteiger partial charge in [-0.2, -0.15) is 11.8 Å². The average Bonchev–Trinajstić information content (AvgIpc) is 2.91. The standard InChI is InChI=1S/C28H35ClN6O2S/c1-6-32-18(2)21(15-30)16-35(4)28(36)26-22-13-19(17-38-5)7-9-24(22)33-27(34-26)20-8-10-25(23(29)14-20)37-12-11-31-3/h7-10,13-15,31H,6,11-12,16-17,30H2,1-5H3/b21-15-,32-18?. The monoisotopic (exact) mass is 554 g/mol. The number of ether oxygens (including phenoxy) is 1. The minimum absolute atomic E-state index is 0.235. The Morgan fingerprint density at radius 1 is 1.26 bits per heavy atom. The Balaban J connectivity index is 2.05. The molecule has 10 heteroatoms. The minimum atomic E-state index is -0.235. The lowest BCUT2D eigenvalue weighted by molar-refractivity contribution is 0.0805. The Hall–Kier alpha value is -3.14. The number of carbonyl (C=O) groups is 1. The molecule has 3 aromatic rings. The van der Waals surface area contributed by atoms with Gasteiger partial charge in [0.25, 0.3) is 5.91 Å². The highest BCUT2D eigenvalue weighted by Gasteiger charge is 2.21. The maximum Gasteiger partial charge on any atom is 0.273 e. The molecule has 8 nitrogen and oxygen atoms in total. The third kappa shape index (κ3) is 7.24. The number of likely N-dealkylation sites (N-methyl/N-ethyl adjacent to an activating group) is 2. The number of fused-ring (bicyclic) bond motifs is 1. The van der Waals surface area contributed by atoms with E-state index in [-0.39, 0.29) is 5.91 Å². The molecule has 0 aliphatic rings. The summed E-state index contributed by atoms with van der Waals surface area (Å²) in [5, 5.41) is 4.19. The van der Waals surface area contributed by atoms with E-state index in [1.54, 1.807) is 35.8 Å². The number of amides is 1. The number of aliphatic imine (C=N–C) groups is 1. The number of nitrogens with two attached hydrogens (primary N) is 1. The van der Waals surface area contributed by atoms with Crippen LogP contribution >= 0.6 is 23.4 Å². The number of halogens is 1. The number of benzene rings is 2. The fraction of sp³-hybridized carbons (Fsp3) is 0.357.